The molecule has 10 nitrogen and oxygen atoms in total. The van der Waals surface area contributed by atoms with Crippen molar-refractivity contribution in [2.24, 2.45) is 0 Å². The summed E-state index contributed by atoms with van der Waals surface area (Å²) in [5, 5.41) is 12.5. The van der Waals surface area contributed by atoms with Gasteiger partial charge in [-0.3, -0.25) is 25.8 Å². The van der Waals surface area contributed by atoms with Gasteiger partial charge in [-0.1, -0.05) is 30.1 Å². The predicted molar refractivity (Wildman–Crippen MR) is 118 cm³/mol. The van der Waals surface area contributed by atoms with Crippen molar-refractivity contribution >= 4 is 46.4 Å². The second kappa shape index (κ2) is 10.5. The van der Waals surface area contributed by atoms with E-state index >= 15 is 0 Å². The fraction of sp³-hybridized carbons (Fsp3) is 0.421. The third kappa shape index (κ3) is 5.65. The van der Waals surface area contributed by atoms with Crippen LogP contribution in [0, 0.1) is 10.1 Å². The van der Waals surface area contributed by atoms with E-state index in [0.717, 1.165) is 25.7 Å². The highest BCUT2D eigenvalue weighted by Gasteiger charge is 2.32. The van der Waals surface area contributed by atoms with Crippen molar-refractivity contribution < 1.29 is 14.5 Å². The summed E-state index contributed by atoms with van der Waals surface area (Å²) in [6, 6.07) is 4.78. The molecular formula is C19H22Cl2N6O4. The first-order valence-corrected chi connectivity index (χ1v) is 10.5. The molecule has 1 amide bonds. The van der Waals surface area contributed by atoms with Crippen molar-refractivity contribution in [2.45, 2.75) is 38.6 Å². The van der Waals surface area contributed by atoms with Crippen LogP contribution in [0.5, 0.6) is 5.75 Å². The van der Waals surface area contributed by atoms with Gasteiger partial charge in [0, 0.05) is 17.6 Å². The van der Waals surface area contributed by atoms with E-state index in [1.54, 1.807) is 6.07 Å². The molecule has 1 aromatic heterocycles. The number of halogens is 2. The van der Waals surface area contributed by atoms with Crippen LogP contribution in [0.25, 0.3) is 0 Å². The Morgan fingerprint density at radius 3 is 2.87 bits per heavy atom. The smallest absolute Gasteiger partial charge is 0.355 e. The number of benzene rings is 1. The lowest BCUT2D eigenvalue weighted by Crippen LogP contribution is -2.40. The Morgan fingerprint density at radius 2 is 2.16 bits per heavy atom. The maximum absolute atomic E-state index is 12.1. The first-order valence-electron chi connectivity index (χ1n) is 9.79. The van der Waals surface area contributed by atoms with Crippen molar-refractivity contribution in [3.8, 4) is 5.75 Å². The third-order valence-corrected chi connectivity index (χ3v) is 5.46. The number of hydrogen-bond acceptors (Lipinski definition) is 8. The first kappa shape index (κ1) is 22.8. The predicted octanol–water partition coefficient (Wildman–Crippen LogP) is 3.98. The van der Waals surface area contributed by atoms with E-state index in [-0.39, 0.29) is 40.7 Å². The molecule has 1 atom stereocenters. The minimum atomic E-state index is -0.579. The summed E-state index contributed by atoms with van der Waals surface area (Å²) in [5.41, 5.74) is 4.58. The molecule has 1 saturated heterocycles. The molecule has 2 aromatic rings. The van der Waals surface area contributed by atoms with Crippen LogP contribution in [0.15, 0.2) is 24.5 Å². The SMILES string of the molecule is CCC1CCCCN1c1ncnc(NNC(=O)COc2ccc(Cl)cc2Cl)c1[N+](=O)[O-]. The van der Waals surface area contributed by atoms with Crippen molar-refractivity contribution in [2.75, 3.05) is 23.5 Å². The molecule has 31 heavy (non-hydrogen) atoms. The second-order valence-electron chi connectivity index (χ2n) is 6.94. The number of nitrogens with one attached hydrogen (secondary N) is 2. The Hall–Kier alpha value is -2.85. The number of carbonyl (C=O) groups excluding carboxylic acids is 1. The summed E-state index contributed by atoms with van der Waals surface area (Å²) in [5.74, 6) is -0.155. The Kier molecular flexibility index (Phi) is 7.69. The monoisotopic (exact) mass is 468 g/mol. The van der Waals surface area contributed by atoms with Crippen LogP contribution in [0.1, 0.15) is 32.6 Å². The molecule has 1 aliphatic rings. The van der Waals surface area contributed by atoms with Gasteiger partial charge in [0.1, 0.15) is 12.1 Å². The molecule has 3 rings (SSSR count). The molecule has 1 aromatic carbocycles. The fourth-order valence-corrected chi connectivity index (χ4v) is 3.91. The molecule has 1 fully saturated rings. The van der Waals surface area contributed by atoms with Gasteiger partial charge in [0.25, 0.3) is 5.91 Å². The number of hydrazine groups is 1. The standard InChI is InChI=1S/C19H22Cl2N6O4/c1-2-13-5-3-4-8-26(13)19-17(27(29)30)18(22-11-23-19)25-24-16(28)10-31-15-7-6-12(20)9-14(15)21/h6-7,9,11,13H,2-5,8,10H2,1H3,(H,24,28)(H,22,23,25). The number of aromatic nitrogens is 2. The number of nitro groups is 1. The summed E-state index contributed by atoms with van der Waals surface area (Å²) in [7, 11) is 0. The van der Waals surface area contributed by atoms with Crippen LogP contribution in [-0.4, -0.2) is 40.0 Å². The summed E-state index contributed by atoms with van der Waals surface area (Å²) < 4.78 is 5.35. The minimum Gasteiger partial charge on any atom is -0.482 e. The number of anilines is 2. The Balaban J connectivity index is 1.69. The van der Waals surface area contributed by atoms with E-state index in [2.05, 4.69) is 20.8 Å². The largest absolute Gasteiger partial charge is 0.482 e. The Bertz CT molecular complexity index is 961. The van der Waals surface area contributed by atoms with Gasteiger partial charge in [-0.2, -0.15) is 0 Å². The summed E-state index contributed by atoms with van der Waals surface area (Å²) in [6.45, 7) is 2.35. The molecule has 0 spiro atoms. The molecule has 1 aliphatic heterocycles. The summed E-state index contributed by atoms with van der Waals surface area (Å²) >= 11 is 11.8. The number of rotatable bonds is 8. The molecule has 2 heterocycles. The average Bonchev–Trinajstić information content (AvgIpc) is 2.76. The van der Waals surface area contributed by atoms with E-state index in [1.165, 1.54) is 18.5 Å². The number of amides is 1. The van der Waals surface area contributed by atoms with Crippen LogP contribution in [0.3, 0.4) is 0 Å². The van der Waals surface area contributed by atoms with Gasteiger partial charge >= 0.3 is 5.69 Å². The van der Waals surface area contributed by atoms with Crippen molar-refractivity contribution in [1.29, 1.82) is 0 Å². The van der Waals surface area contributed by atoms with E-state index in [1.807, 2.05) is 11.8 Å². The molecule has 0 bridgehead atoms. The molecule has 2 N–H and O–H groups in total. The van der Waals surface area contributed by atoms with Crippen molar-refractivity contribution in [1.82, 2.24) is 15.4 Å². The molecule has 0 radical (unpaired) electrons. The van der Waals surface area contributed by atoms with Crippen LogP contribution in [0.2, 0.25) is 10.0 Å². The minimum absolute atomic E-state index is 0.103. The molecule has 12 heteroatoms. The highest BCUT2D eigenvalue weighted by molar-refractivity contribution is 6.35. The summed E-state index contributed by atoms with van der Waals surface area (Å²) in [6.07, 6.45) is 5.05. The van der Waals surface area contributed by atoms with Gasteiger partial charge < -0.3 is 9.64 Å². The number of hydrogen-bond donors (Lipinski definition) is 2. The normalized spacial score (nSPS) is 16.0. The molecular weight excluding hydrogens is 447 g/mol. The first-order chi connectivity index (χ1) is 14.9. The van der Waals surface area contributed by atoms with Gasteiger partial charge in [0.05, 0.1) is 9.95 Å². The topological polar surface area (TPSA) is 123 Å². The lowest BCUT2D eigenvalue weighted by atomic mass is 10.00. The van der Waals surface area contributed by atoms with Crippen LogP contribution >= 0.6 is 23.2 Å². The van der Waals surface area contributed by atoms with Gasteiger partial charge in [-0.05, 0) is 43.9 Å². The highest BCUT2D eigenvalue weighted by Crippen LogP contribution is 2.35. The number of piperidine rings is 1. The summed E-state index contributed by atoms with van der Waals surface area (Å²) in [4.78, 5) is 33.5. The van der Waals surface area contributed by atoms with Crippen molar-refractivity contribution in [3.05, 3.63) is 44.7 Å². The zero-order chi connectivity index (χ0) is 22.4. The molecule has 166 valence electrons. The molecule has 0 saturated carbocycles. The third-order valence-electron chi connectivity index (χ3n) is 4.93. The highest BCUT2D eigenvalue weighted by atomic mass is 35.5. The second-order valence-corrected chi connectivity index (χ2v) is 7.78. The zero-order valence-electron chi connectivity index (χ0n) is 16.8. The lowest BCUT2D eigenvalue weighted by molar-refractivity contribution is -0.383. The van der Waals surface area contributed by atoms with Crippen LogP contribution in [-0.2, 0) is 4.79 Å². The zero-order valence-corrected chi connectivity index (χ0v) is 18.3. The molecule has 1 unspecified atom stereocenters. The van der Waals surface area contributed by atoms with Gasteiger partial charge in [-0.15, -0.1) is 0 Å². The van der Waals surface area contributed by atoms with Gasteiger partial charge in [0.15, 0.2) is 6.61 Å². The van der Waals surface area contributed by atoms with Gasteiger partial charge in [-0.25, -0.2) is 9.97 Å². The van der Waals surface area contributed by atoms with Crippen molar-refractivity contribution in [3.63, 3.8) is 0 Å². The fourth-order valence-electron chi connectivity index (χ4n) is 3.44. The van der Waals surface area contributed by atoms with Crippen LogP contribution in [0.4, 0.5) is 17.3 Å². The average molecular weight is 469 g/mol. The lowest BCUT2D eigenvalue weighted by Gasteiger charge is -2.35. The van der Waals surface area contributed by atoms with E-state index in [9.17, 15) is 14.9 Å². The Morgan fingerprint density at radius 1 is 1.35 bits per heavy atom. The quantitative estimate of drug-likeness (QED) is 0.440. The van der Waals surface area contributed by atoms with Crippen LogP contribution < -0.4 is 20.5 Å². The van der Waals surface area contributed by atoms with Gasteiger partial charge in [0.2, 0.25) is 11.6 Å². The van der Waals surface area contributed by atoms with E-state index < -0.39 is 10.8 Å². The Labute approximate surface area is 189 Å². The molecule has 0 aliphatic carbocycles. The van der Waals surface area contributed by atoms with E-state index in [0.29, 0.717) is 11.6 Å². The number of nitrogens with zero attached hydrogens (tertiary/aromatic N) is 4. The maximum atomic E-state index is 12.1. The maximum Gasteiger partial charge on any atom is 0.355 e. The van der Waals surface area contributed by atoms with E-state index in [4.69, 9.17) is 27.9 Å². The number of carbonyl (C=O) groups is 1. The number of ether oxygens (including phenoxy) is 1.